The predicted molar refractivity (Wildman–Crippen MR) is 206 cm³/mol. The molecule has 0 aromatic carbocycles. The number of nitrogen functional groups attached to an aromatic ring is 1. The Morgan fingerprint density at radius 1 is 1.17 bits per heavy atom. The van der Waals surface area contributed by atoms with E-state index in [1.165, 1.54) is 36.9 Å². The van der Waals surface area contributed by atoms with E-state index in [0.29, 0.717) is 43.9 Å². The molecule has 1 fully saturated rings. The summed E-state index contributed by atoms with van der Waals surface area (Å²) in [4.78, 5) is 22.4. The second-order valence-corrected chi connectivity index (χ2v) is 15.4. The van der Waals surface area contributed by atoms with Crippen molar-refractivity contribution in [1.82, 2.24) is 35.5 Å². The maximum atomic E-state index is 12.2. The van der Waals surface area contributed by atoms with E-state index in [9.17, 15) is 10.1 Å². The zero-order valence-electron chi connectivity index (χ0n) is 33.3. The van der Waals surface area contributed by atoms with Gasteiger partial charge in [0.05, 0.1) is 29.2 Å². The largest absolute Gasteiger partial charge is 0.437 e. The van der Waals surface area contributed by atoms with Gasteiger partial charge in [-0.2, -0.15) is 5.26 Å². The molecule has 0 bridgehead atoms. The minimum absolute atomic E-state index is 0.0222. The SMILES string of the molecule is CC(C)C(OC(=O)C(C)(C)C)n1nnc(COC[C@H](C)NC2CCCCC2)n1.CCC(C#N)(CCOC)CNc1cccc(-c2cc(N)ncc2C)n1. The molecule has 0 radical (unpaired) electrons. The summed E-state index contributed by atoms with van der Waals surface area (Å²) < 4.78 is 16.5. The van der Waals surface area contributed by atoms with Gasteiger partial charge in [-0.1, -0.05) is 46.1 Å². The number of methoxy groups -OCH3 is 1. The second kappa shape index (κ2) is 20.9. The van der Waals surface area contributed by atoms with Gasteiger partial charge in [0.1, 0.15) is 18.2 Å². The Balaban J connectivity index is 0.000000287. The van der Waals surface area contributed by atoms with Crippen molar-refractivity contribution in [3.05, 3.63) is 41.9 Å². The molecule has 3 atom stereocenters. The van der Waals surface area contributed by atoms with Crippen molar-refractivity contribution in [3.63, 3.8) is 0 Å². The van der Waals surface area contributed by atoms with Gasteiger partial charge in [-0.25, -0.2) is 9.97 Å². The number of anilines is 2. The summed E-state index contributed by atoms with van der Waals surface area (Å²) >= 11 is 0. The van der Waals surface area contributed by atoms with Gasteiger partial charge in [-0.05, 0) is 89.3 Å². The molecule has 0 aliphatic heterocycles. The number of nitrogens with zero attached hydrogens (tertiary/aromatic N) is 7. The number of tetrazole rings is 1. The number of aryl methyl sites for hydroxylation is 1. The van der Waals surface area contributed by atoms with E-state index in [4.69, 9.17) is 19.9 Å². The fraction of sp³-hybridized carbons (Fsp3) is 0.667. The van der Waals surface area contributed by atoms with Crippen LogP contribution in [0.15, 0.2) is 30.5 Å². The van der Waals surface area contributed by atoms with Crippen molar-refractivity contribution < 1.29 is 19.0 Å². The van der Waals surface area contributed by atoms with Gasteiger partial charge >= 0.3 is 5.97 Å². The van der Waals surface area contributed by atoms with E-state index in [0.717, 1.165) is 29.1 Å². The van der Waals surface area contributed by atoms with Crippen LogP contribution in [0.1, 0.15) is 111 Å². The first-order valence-electron chi connectivity index (χ1n) is 18.9. The third-order valence-corrected chi connectivity index (χ3v) is 9.29. The molecule has 14 heteroatoms. The summed E-state index contributed by atoms with van der Waals surface area (Å²) in [6.45, 7) is 17.5. The van der Waals surface area contributed by atoms with Crippen molar-refractivity contribution in [2.45, 2.75) is 125 Å². The number of ether oxygens (including phenoxy) is 3. The third kappa shape index (κ3) is 13.9. The third-order valence-electron chi connectivity index (χ3n) is 9.29. The molecule has 3 aromatic heterocycles. The van der Waals surface area contributed by atoms with Crippen LogP contribution in [-0.2, 0) is 25.6 Å². The highest BCUT2D eigenvalue weighted by molar-refractivity contribution is 5.75. The molecule has 3 heterocycles. The average molecular weight is 735 g/mol. The molecule has 292 valence electrons. The fourth-order valence-corrected chi connectivity index (χ4v) is 5.83. The molecule has 4 N–H and O–H groups in total. The Labute approximate surface area is 316 Å². The topological polar surface area (TPSA) is 188 Å². The molecular formula is C39H62N10O4. The number of carbonyl (C=O) groups is 1. The summed E-state index contributed by atoms with van der Waals surface area (Å²) in [5, 5.41) is 29.0. The fourth-order valence-electron chi connectivity index (χ4n) is 5.83. The number of nitriles is 1. The summed E-state index contributed by atoms with van der Waals surface area (Å²) in [6, 6.07) is 10.9. The molecule has 1 saturated carbocycles. The maximum absolute atomic E-state index is 12.2. The van der Waals surface area contributed by atoms with E-state index in [-0.39, 0.29) is 24.5 Å². The quantitative estimate of drug-likeness (QED) is 0.125. The zero-order chi connectivity index (χ0) is 39.0. The minimum atomic E-state index is -0.583. The van der Waals surface area contributed by atoms with Gasteiger partial charge in [-0.3, -0.25) is 4.79 Å². The predicted octanol–water partition coefficient (Wildman–Crippen LogP) is 6.65. The van der Waals surface area contributed by atoms with Crippen molar-refractivity contribution in [1.29, 1.82) is 5.26 Å². The van der Waals surface area contributed by atoms with Gasteiger partial charge in [0.15, 0.2) is 0 Å². The number of pyridine rings is 2. The number of nitrogens with one attached hydrogen (secondary N) is 2. The highest BCUT2D eigenvalue weighted by Gasteiger charge is 2.30. The van der Waals surface area contributed by atoms with Crippen LogP contribution in [0, 0.1) is 35.0 Å². The van der Waals surface area contributed by atoms with Gasteiger partial charge in [0.25, 0.3) is 0 Å². The number of hydrogen-bond donors (Lipinski definition) is 3. The monoisotopic (exact) mass is 734 g/mol. The van der Waals surface area contributed by atoms with Crippen LogP contribution in [0.25, 0.3) is 11.3 Å². The minimum Gasteiger partial charge on any atom is -0.437 e. The van der Waals surface area contributed by atoms with Gasteiger partial charge < -0.3 is 30.6 Å². The number of hydrogen-bond acceptors (Lipinski definition) is 13. The highest BCUT2D eigenvalue weighted by Crippen LogP contribution is 2.28. The first kappa shape index (κ1) is 43.2. The summed E-state index contributed by atoms with van der Waals surface area (Å²) in [5.74, 6) is 1.42. The first-order valence-corrected chi connectivity index (χ1v) is 18.9. The number of aromatic nitrogens is 6. The second-order valence-electron chi connectivity index (χ2n) is 15.4. The van der Waals surface area contributed by atoms with Crippen LogP contribution in [0.4, 0.5) is 11.6 Å². The van der Waals surface area contributed by atoms with E-state index >= 15 is 0 Å². The van der Waals surface area contributed by atoms with E-state index in [1.807, 2.05) is 72.7 Å². The lowest BCUT2D eigenvalue weighted by molar-refractivity contribution is -0.169. The zero-order valence-corrected chi connectivity index (χ0v) is 33.3. The molecule has 14 nitrogen and oxygen atoms in total. The number of rotatable bonds is 17. The summed E-state index contributed by atoms with van der Waals surface area (Å²) in [6.07, 6.45) is 9.09. The highest BCUT2D eigenvalue weighted by atomic mass is 16.6. The number of carbonyl (C=O) groups excluding carboxylic acids is 1. The van der Waals surface area contributed by atoms with Crippen LogP contribution in [0.5, 0.6) is 0 Å². The number of nitrogens with two attached hydrogens (primary N) is 1. The van der Waals surface area contributed by atoms with Crippen LogP contribution in [-0.4, -0.2) is 75.1 Å². The van der Waals surface area contributed by atoms with Gasteiger partial charge in [0.2, 0.25) is 12.1 Å². The van der Waals surface area contributed by atoms with Crippen molar-refractivity contribution in [2.24, 2.45) is 16.7 Å². The lowest BCUT2D eigenvalue weighted by atomic mass is 9.83. The van der Waals surface area contributed by atoms with Crippen molar-refractivity contribution in [2.75, 3.05) is 37.9 Å². The van der Waals surface area contributed by atoms with E-state index < -0.39 is 17.1 Å². The molecule has 4 rings (SSSR count). The molecule has 1 aliphatic rings. The van der Waals surface area contributed by atoms with E-state index in [2.05, 4.69) is 49.0 Å². The summed E-state index contributed by atoms with van der Waals surface area (Å²) in [7, 11) is 1.65. The van der Waals surface area contributed by atoms with Crippen LogP contribution in [0.2, 0.25) is 0 Å². The molecule has 0 saturated heterocycles. The molecule has 53 heavy (non-hydrogen) atoms. The Morgan fingerprint density at radius 3 is 2.55 bits per heavy atom. The van der Waals surface area contributed by atoms with Crippen LogP contribution >= 0.6 is 0 Å². The van der Waals surface area contributed by atoms with Gasteiger partial charge in [0, 0.05) is 50.0 Å². The average Bonchev–Trinajstić information content (AvgIpc) is 3.60. The lowest BCUT2D eigenvalue weighted by Gasteiger charge is -2.26. The van der Waals surface area contributed by atoms with Crippen molar-refractivity contribution in [3.8, 4) is 17.3 Å². The lowest BCUT2D eigenvalue weighted by Crippen LogP contribution is -2.40. The Kier molecular flexibility index (Phi) is 17.0. The molecular weight excluding hydrogens is 672 g/mol. The van der Waals surface area contributed by atoms with Crippen LogP contribution < -0.4 is 16.4 Å². The molecule has 2 unspecified atom stereocenters. The normalized spacial score (nSPS) is 15.8. The molecule has 0 spiro atoms. The van der Waals surface area contributed by atoms with Crippen molar-refractivity contribution >= 4 is 17.6 Å². The van der Waals surface area contributed by atoms with Gasteiger partial charge in [-0.15, -0.1) is 15.0 Å². The Bertz CT molecular complexity index is 1600. The smallest absolute Gasteiger partial charge is 0.313 e. The standard InChI is InChI=1S/C20H37N5O3.C19H25N5O/c1-14(2)18(28-19(26)20(4,5)6)25-23-17(22-24-25)13-27-12-15(3)21-16-10-8-7-9-11-16;1-4-19(12-20,8-9-25-3)13-23-18-7-5-6-16(24-18)15-10-17(21)22-11-14(15)2/h14-16,18,21H,7-13H2,1-6H3;5-7,10-11H,4,8-9,13H2,1-3H3,(H2,21,22)(H,23,24)/t15-,18?;/m0./s1. The first-order chi connectivity index (χ1) is 25.2. The van der Waals surface area contributed by atoms with Crippen LogP contribution in [0.3, 0.4) is 0 Å². The molecule has 0 amide bonds. The Hall–Kier alpha value is -4.19. The molecule has 1 aliphatic carbocycles. The molecule has 3 aromatic rings. The summed E-state index contributed by atoms with van der Waals surface area (Å²) in [5.41, 5.74) is 7.54. The Morgan fingerprint density at radius 2 is 1.91 bits per heavy atom. The van der Waals surface area contributed by atoms with E-state index in [1.54, 1.807) is 13.3 Å². The maximum Gasteiger partial charge on any atom is 0.313 e. The number of esters is 1.